The van der Waals surface area contributed by atoms with Crippen molar-refractivity contribution in [3.8, 4) is 17.2 Å². The van der Waals surface area contributed by atoms with Gasteiger partial charge in [-0.05, 0) is 41.5 Å². The highest BCUT2D eigenvalue weighted by Crippen LogP contribution is 2.31. The van der Waals surface area contributed by atoms with Gasteiger partial charge in [-0.1, -0.05) is 18.2 Å². The summed E-state index contributed by atoms with van der Waals surface area (Å²) in [4.78, 5) is 34.2. The minimum absolute atomic E-state index is 0.0156. The van der Waals surface area contributed by atoms with Crippen molar-refractivity contribution >= 4 is 29.6 Å². The number of carbonyl (C=O) groups is 3. The van der Waals surface area contributed by atoms with Crippen LogP contribution in [0.5, 0.6) is 17.2 Å². The molecule has 0 radical (unpaired) electrons. The second kappa shape index (κ2) is 8.66. The normalized spacial score (nSPS) is 10.9. The standard InChI is InChI=1S/C20H18O7/c1-12(21)26-18-8-7-14(10-19(18)27-13(2)22)9-17(20(23)24)15-5-4-6-16(11-15)25-3/h4-11H,1-3H3,(H,23,24)/b17-9+. The zero-order valence-electron chi connectivity index (χ0n) is 15.0. The van der Waals surface area contributed by atoms with Crippen molar-refractivity contribution in [2.75, 3.05) is 7.11 Å². The summed E-state index contributed by atoms with van der Waals surface area (Å²) in [5.41, 5.74) is 0.908. The quantitative estimate of drug-likeness (QED) is 0.361. The van der Waals surface area contributed by atoms with Crippen molar-refractivity contribution in [2.24, 2.45) is 0 Å². The molecule has 0 unspecified atom stereocenters. The summed E-state index contributed by atoms with van der Waals surface area (Å²) in [6, 6.07) is 11.0. The van der Waals surface area contributed by atoms with Gasteiger partial charge in [-0.25, -0.2) is 4.79 Å². The molecule has 0 atom stereocenters. The number of carboxylic acid groups (broad SMARTS) is 1. The maximum absolute atomic E-state index is 11.7. The van der Waals surface area contributed by atoms with Gasteiger partial charge in [-0.2, -0.15) is 0 Å². The Morgan fingerprint density at radius 1 is 0.926 bits per heavy atom. The van der Waals surface area contributed by atoms with Gasteiger partial charge >= 0.3 is 17.9 Å². The van der Waals surface area contributed by atoms with Crippen LogP contribution in [0.3, 0.4) is 0 Å². The van der Waals surface area contributed by atoms with Crippen LogP contribution in [0.4, 0.5) is 0 Å². The Morgan fingerprint density at radius 2 is 1.59 bits per heavy atom. The topological polar surface area (TPSA) is 99.1 Å². The van der Waals surface area contributed by atoms with Gasteiger partial charge in [0.1, 0.15) is 5.75 Å². The molecule has 0 saturated heterocycles. The van der Waals surface area contributed by atoms with Crippen LogP contribution in [0.25, 0.3) is 11.6 Å². The molecular formula is C20H18O7. The molecule has 140 valence electrons. The zero-order chi connectivity index (χ0) is 20.0. The number of hydrogen-bond donors (Lipinski definition) is 1. The molecule has 0 amide bonds. The van der Waals surface area contributed by atoms with Crippen molar-refractivity contribution in [2.45, 2.75) is 13.8 Å². The number of methoxy groups -OCH3 is 1. The predicted octanol–water partition coefficient (Wildman–Crippen LogP) is 3.17. The first kappa shape index (κ1) is 19.7. The second-order valence-corrected chi connectivity index (χ2v) is 5.49. The smallest absolute Gasteiger partial charge is 0.336 e. The van der Waals surface area contributed by atoms with Gasteiger partial charge in [0, 0.05) is 13.8 Å². The first-order valence-corrected chi connectivity index (χ1v) is 7.90. The van der Waals surface area contributed by atoms with E-state index in [0.717, 1.165) is 0 Å². The van der Waals surface area contributed by atoms with Crippen LogP contribution in [0.15, 0.2) is 42.5 Å². The molecule has 0 aliphatic carbocycles. The molecule has 2 aromatic carbocycles. The number of benzene rings is 2. The molecule has 0 spiro atoms. The number of aliphatic carboxylic acids is 1. The average Bonchev–Trinajstić information content (AvgIpc) is 2.60. The third kappa shape index (κ3) is 5.43. The molecule has 27 heavy (non-hydrogen) atoms. The maximum atomic E-state index is 11.7. The van der Waals surface area contributed by atoms with Crippen molar-refractivity contribution in [1.29, 1.82) is 0 Å². The average molecular weight is 370 g/mol. The highest BCUT2D eigenvalue weighted by Gasteiger charge is 2.14. The number of ether oxygens (including phenoxy) is 3. The Morgan fingerprint density at radius 3 is 2.19 bits per heavy atom. The Bertz CT molecular complexity index is 912. The molecule has 0 saturated carbocycles. The molecule has 0 aliphatic heterocycles. The third-order valence-corrected chi connectivity index (χ3v) is 3.40. The summed E-state index contributed by atoms with van der Waals surface area (Å²) in [6.07, 6.45) is 1.42. The second-order valence-electron chi connectivity index (χ2n) is 5.49. The van der Waals surface area contributed by atoms with Crippen LogP contribution in [0, 0.1) is 0 Å². The third-order valence-electron chi connectivity index (χ3n) is 3.40. The van der Waals surface area contributed by atoms with Crippen LogP contribution in [0.2, 0.25) is 0 Å². The molecule has 7 heteroatoms. The molecule has 2 rings (SSSR count). The molecule has 0 heterocycles. The maximum Gasteiger partial charge on any atom is 0.336 e. The summed E-state index contributed by atoms with van der Waals surface area (Å²) in [5, 5.41) is 9.58. The Labute approximate surface area is 155 Å². The fraction of sp³-hybridized carbons (Fsp3) is 0.150. The van der Waals surface area contributed by atoms with Crippen molar-refractivity contribution in [1.82, 2.24) is 0 Å². The molecule has 0 fully saturated rings. The lowest BCUT2D eigenvalue weighted by molar-refractivity contribution is -0.134. The summed E-state index contributed by atoms with van der Waals surface area (Å²) in [7, 11) is 1.49. The number of carbonyl (C=O) groups excluding carboxylic acids is 2. The number of carboxylic acids is 1. The van der Waals surface area contributed by atoms with E-state index in [1.807, 2.05) is 0 Å². The minimum Gasteiger partial charge on any atom is -0.497 e. The van der Waals surface area contributed by atoms with E-state index in [9.17, 15) is 19.5 Å². The lowest BCUT2D eigenvalue weighted by Gasteiger charge is -2.10. The van der Waals surface area contributed by atoms with E-state index < -0.39 is 17.9 Å². The molecular weight excluding hydrogens is 352 g/mol. The molecule has 0 aromatic heterocycles. The van der Waals surface area contributed by atoms with Crippen LogP contribution < -0.4 is 14.2 Å². The Kier molecular flexibility index (Phi) is 6.32. The first-order chi connectivity index (χ1) is 12.8. The van der Waals surface area contributed by atoms with Crippen molar-refractivity contribution in [3.63, 3.8) is 0 Å². The van der Waals surface area contributed by atoms with Crippen LogP contribution in [0.1, 0.15) is 25.0 Å². The van der Waals surface area contributed by atoms with E-state index in [2.05, 4.69) is 0 Å². The van der Waals surface area contributed by atoms with Gasteiger partial charge < -0.3 is 19.3 Å². The van der Waals surface area contributed by atoms with Crippen LogP contribution >= 0.6 is 0 Å². The van der Waals surface area contributed by atoms with E-state index in [1.54, 1.807) is 30.3 Å². The van der Waals surface area contributed by atoms with Gasteiger partial charge in [-0.15, -0.1) is 0 Å². The summed E-state index contributed by atoms with van der Waals surface area (Å²) >= 11 is 0. The van der Waals surface area contributed by atoms with Crippen LogP contribution in [-0.2, 0) is 14.4 Å². The van der Waals surface area contributed by atoms with E-state index in [0.29, 0.717) is 16.9 Å². The Hall–Kier alpha value is -3.61. The first-order valence-electron chi connectivity index (χ1n) is 7.90. The molecule has 1 N–H and O–H groups in total. The lowest BCUT2D eigenvalue weighted by Crippen LogP contribution is -2.07. The Balaban J connectivity index is 2.51. The van der Waals surface area contributed by atoms with E-state index in [-0.39, 0.29) is 17.1 Å². The fourth-order valence-electron chi connectivity index (χ4n) is 2.31. The molecule has 2 aromatic rings. The van der Waals surface area contributed by atoms with E-state index in [1.165, 1.54) is 39.2 Å². The number of rotatable bonds is 6. The van der Waals surface area contributed by atoms with Gasteiger partial charge in [-0.3, -0.25) is 9.59 Å². The van der Waals surface area contributed by atoms with Crippen LogP contribution in [-0.4, -0.2) is 30.1 Å². The lowest BCUT2D eigenvalue weighted by atomic mass is 10.0. The van der Waals surface area contributed by atoms with Gasteiger partial charge in [0.25, 0.3) is 0 Å². The van der Waals surface area contributed by atoms with E-state index in [4.69, 9.17) is 14.2 Å². The largest absolute Gasteiger partial charge is 0.497 e. The van der Waals surface area contributed by atoms with Crippen molar-refractivity contribution < 1.29 is 33.7 Å². The van der Waals surface area contributed by atoms with Gasteiger partial charge in [0.05, 0.1) is 12.7 Å². The zero-order valence-corrected chi connectivity index (χ0v) is 15.0. The summed E-state index contributed by atoms with van der Waals surface area (Å²) in [5.74, 6) is -1.72. The van der Waals surface area contributed by atoms with Gasteiger partial charge in [0.15, 0.2) is 11.5 Å². The summed E-state index contributed by atoms with van der Waals surface area (Å²) in [6.45, 7) is 2.43. The highest BCUT2D eigenvalue weighted by atomic mass is 16.6. The van der Waals surface area contributed by atoms with Crippen molar-refractivity contribution in [3.05, 3.63) is 53.6 Å². The predicted molar refractivity (Wildman–Crippen MR) is 97.6 cm³/mol. The highest BCUT2D eigenvalue weighted by molar-refractivity contribution is 6.20. The fourth-order valence-corrected chi connectivity index (χ4v) is 2.31. The summed E-state index contributed by atoms with van der Waals surface area (Å²) < 4.78 is 15.2. The van der Waals surface area contributed by atoms with Gasteiger partial charge in [0.2, 0.25) is 0 Å². The molecule has 0 aliphatic rings. The number of hydrogen-bond acceptors (Lipinski definition) is 6. The van der Waals surface area contributed by atoms with E-state index >= 15 is 0 Å². The molecule has 0 bridgehead atoms. The monoisotopic (exact) mass is 370 g/mol. The minimum atomic E-state index is -1.14. The SMILES string of the molecule is COc1cccc(/C(=C\c2ccc(OC(C)=O)c(OC(C)=O)c2)C(=O)O)c1. The number of esters is 2. The molecule has 7 nitrogen and oxygen atoms in total.